The fourth-order valence-corrected chi connectivity index (χ4v) is 0.810. The lowest BCUT2D eigenvalue weighted by Gasteiger charge is -2.28. The van der Waals surface area contributed by atoms with Gasteiger partial charge in [-0.05, 0) is 0 Å². The molecule has 0 saturated carbocycles. The van der Waals surface area contributed by atoms with Gasteiger partial charge >= 0.3 is 0 Å². The molecule has 1 amide bonds. The largest absolute Gasteiger partial charge is 0.333 e. The normalized spacial score (nSPS) is 19.6. The van der Waals surface area contributed by atoms with Crippen LogP contribution in [0.5, 0.6) is 0 Å². The number of carbonyl (C=O) groups is 1. The van der Waals surface area contributed by atoms with Crippen LogP contribution in [0.1, 0.15) is 6.42 Å². The van der Waals surface area contributed by atoms with Crippen LogP contribution in [0.2, 0.25) is 0 Å². The van der Waals surface area contributed by atoms with E-state index >= 15 is 0 Å². The van der Waals surface area contributed by atoms with Crippen molar-refractivity contribution < 1.29 is 4.79 Å². The highest BCUT2D eigenvalue weighted by Crippen LogP contribution is 2.07. The summed E-state index contributed by atoms with van der Waals surface area (Å²) in [4.78, 5) is 12.0. The van der Waals surface area contributed by atoms with Gasteiger partial charge in [-0.1, -0.05) is 0 Å². The zero-order valence-corrected chi connectivity index (χ0v) is 4.82. The second-order valence-corrected chi connectivity index (χ2v) is 1.83. The molecular weight excluding hydrogens is 110 g/mol. The summed E-state index contributed by atoms with van der Waals surface area (Å²) in [5.41, 5.74) is 0. The molecule has 0 N–H and O–H groups in total. The highest BCUT2D eigenvalue weighted by molar-refractivity contribution is 7.80. The molecule has 2 nitrogen and oxygen atoms in total. The smallest absolute Gasteiger partial charge is 0.225 e. The fourth-order valence-electron chi connectivity index (χ4n) is 0.511. The molecule has 0 unspecified atom stereocenters. The van der Waals surface area contributed by atoms with Crippen LogP contribution in [0.4, 0.5) is 0 Å². The van der Waals surface area contributed by atoms with Gasteiger partial charge in [0.2, 0.25) is 5.91 Å². The first-order chi connectivity index (χ1) is 3.34. The summed E-state index contributed by atoms with van der Waals surface area (Å²) in [6.07, 6.45) is 0.723. The first-order valence-electron chi connectivity index (χ1n) is 2.23. The van der Waals surface area contributed by atoms with E-state index in [9.17, 15) is 4.79 Å². The Morgan fingerprint density at radius 3 is 2.57 bits per heavy atom. The van der Waals surface area contributed by atoms with Crippen molar-refractivity contribution in [1.29, 1.82) is 0 Å². The van der Waals surface area contributed by atoms with Gasteiger partial charge in [0.25, 0.3) is 0 Å². The van der Waals surface area contributed by atoms with E-state index in [1.807, 2.05) is 0 Å². The Morgan fingerprint density at radius 1 is 1.86 bits per heavy atom. The van der Waals surface area contributed by atoms with Crippen LogP contribution in [0.15, 0.2) is 0 Å². The van der Waals surface area contributed by atoms with E-state index in [1.54, 1.807) is 4.90 Å². The molecule has 0 aromatic heterocycles. The number of hydrogen-bond donors (Lipinski definition) is 1. The zero-order valence-electron chi connectivity index (χ0n) is 3.92. The van der Waals surface area contributed by atoms with Gasteiger partial charge in [-0.3, -0.25) is 4.79 Å². The van der Waals surface area contributed by atoms with E-state index in [4.69, 9.17) is 0 Å². The first kappa shape index (κ1) is 4.97. The number of likely N-dealkylation sites (tertiary alicyclic amines) is 1. The highest BCUT2D eigenvalue weighted by Gasteiger charge is 2.20. The Balaban J connectivity index is 2.29. The van der Waals surface area contributed by atoms with Gasteiger partial charge in [0, 0.05) is 13.0 Å². The van der Waals surface area contributed by atoms with Crippen LogP contribution >= 0.6 is 12.6 Å². The maximum absolute atomic E-state index is 10.3. The quantitative estimate of drug-likeness (QED) is 0.381. The van der Waals surface area contributed by atoms with E-state index in [0.29, 0.717) is 5.88 Å². The van der Waals surface area contributed by atoms with Crippen molar-refractivity contribution in [3.05, 3.63) is 0 Å². The molecule has 1 aliphatic heterocycles. The molecule has 40 valence electrons. The van der Waals surface area contributed by atoms with Gasteiger partial charge in [0.05, 0.1) is 5.88 Å². The summed E-state index contributed by atoms with van der Waals surface area (Å²) in [7, 11) is 0. The van der Waals surface area contributed by atoms with Crippen LogP contribution in [0, 0.1) is 0 Å². The average molecular weight is 117 g/mol. The molecule has 1 rings (SSSR count). The molecule has 0 radical (unpaired) electrons. The zero-order chi connectivity index (χ0) is 5.28. The van der Waals surface area contributed by atoms with Gasteiger partial charge in [0.1, 0.15) is 0 Å². The summed E-state index contributed by atoms with van der Waals surface area (Å²) in [6.45, 7) is 0.905. The molecule has 1 fully saturated rings. The molecule has 1 saturated heterocycles. The third kappa shape index (κ3) is 0.725. The summed E-state index contributed by atoms with van der Waals surface area (Å²) >= 11 is 3.91. The number of rotatable bonds is 1. The molecule has 0 spiro atoms. The second kappa shape index (κ2) is 1.74. The monoisotopic (exact) mass is 117 g/mol. The average Bonchev–Trinajstić information content (AvgIpc) is 1.65. The summed E-state index contributed by atoms with van der Waals surface area (Å²) in [5, 5.41) is 0. The van der Waals surface area contributed by atoms with E-state index < -0.39 is 0 Å². The highest BCUT2D eigenvalue weighted by atomic mass is 32.1. The summed E-state index contributed by atoms with van der Waals surface area (Å²) < 4.78 is 0. The maximum atomic E-state index is 10.3. The molecule has 0 aromatic rings. The number of amides is 1. The van der Waals surface area contributed by atoms with Crippen molar-refractivity contribution >= 4 is 18.5 Å². The van der Waals surface area contributed by atoms with Crippen LogP contribution in [-0.4, -0.2) is 23.2 Å². The minimum atomic E-state index is 0.231. The predicted molar refractivity (Wildman–Crippen MR) is 30.2 cm³/mol. The Labute approximate surface area is 47.9 Å². The van der Waals surface area contributed by atoms with Crippen molar-refractivity contribution in [2.45, 2.75) is 6.42 Å². The van der Waals surface area contributed by atoms with Crippen molar-refractivity contribution in [3.8, 4) is 0 Å². The van der Waals surface area contributed by atoms with Crippen molar-refractivity contribution in [2.75, 3.05) is 12.4 Å². The van der Waals surface area contributed by atoms with Crippen LogP contribution in [-0.2, 0) is 4.79 Å². The Hall–Kier alpha value is -0.180. The van der Waals surface area contributed by atoms with Gasteiger partial charge in [-0.2, -0.15) is 12.6 Å². The minimum Gasteiger partial charge on any atom is -0.333 e. The number of nitrogens with zero attached hydrogens (tertiary/aromatic N) is 1. The molecule has 1 aliphatic rings. The molecule has 0 bridgehead atoms. The topological polar surface area (TPSA) is 20.3 Å². The fraction of sp³-hybridized carbons (Fsp3) is 0.750. The molecule has 1 heterocycles. The Kier molecular flexibility index (Phi) is 1.23. The number of hydrogen-bond acceptors (Lipinski definition) is 2. The van der Waals surface area contributed by atoms with Gasteiger partial charge in [-0.25, -0.2) is 0 Å². The van der Waals surface area contributed by atoms with Crippen LogP contribution < -0.4 is 0 Å². The summed E-state index contributed by atoms with van der Waals surface area (Å²) in [5.74, 6) is 0.814. The molecule has 3 heteroatoms. The van der Waals surface area contributed by atoms with Crippen LogP contribution in [0.3, 0.4) is 0 Å². The van der Waals surface area contributed by atoms with E-state index in [2.05, 4.69) is 12.6 Å². The Morgan fingerprint density at radius 2 is 2.57 bits per heavy atom. The molecule has 0 atom stereocenters. The Bertz CT molecular complexity index is 91.7. The lowest BCUT2D eigenvalue weighted by molar-refractivity contribution is -0.138. The summed E-state index contributed by atoms with van der Waals surface area (Å²) in [6, 6.07) is 0. The van der Waals surface area contributed by atoms with E-state index in [-0.39, 0.29) is 5.91 Å². The molecule has 7 heavy (non-hydrogen) atoms. The molecule has 0 aromatic carbocycles. The third-order valence-electron chi connectivity index (χ3n) is 1.12. The lowest BCUT2D eigenvalue weighted by Crippen LogP contribution is -2.42. The van der Waals surface area contributed by atoms with Crippen molar-refractivity contribution in [1.82, 2.24) is 4.90 Å². The number of thiol groups is 1. The van der Waals surface area contributed by atoms with Crippen LogP contribution in [0.25, 0.3) is 0 Å². The van der Waals surface area contributed by atoms with Gasteiger partial charge in [0.15, 0.2) is 0 Å². The number of β-lactam (4-membered cyclic amide) rings is 1. The van der Waals surface area contributed by atoms with E-state index in [0.717, 1.165) is 13.0 Å². The van der Waals surface area contributed by atoms with E-state index in [1.165, 1.54) is 0 Å². The van der Waals surface area contributed by atoms with Gasteiger partial charge < -0.3 is 4.90 Å². The molecular formula is C4H7NOS. The first-order valence-corrected chi connectivity index (χ1v) is 2.86. The SMILES string of the molecule is O=C1CCN1CS. The number of carbonyl (C=O) groups excluding carboxylic acids is 1. The minimum absolute atomic E-state index is 0.231. The third-order valence-corrected chi connectivity index (χ3v) is 1.46. The maximum Gasteiger partial charge on any atom is 0.225 e. The standard InChI is InChI=1S/C4H7NOS/c6-4-1-2-5(4)3-7/h7H,1-3H2. The predicted octanol–water partition coefficient (Wildman–Crippen LogP) is 0.106. The second-order valence-electron chi connectivity index (χ2n) is 1.55. The van der Waals surface area contributed by atoms with Gasteiger partial charge in [-0.15, -0.1) is 0 Å². The van der Waals surface area contributed by atoms with Crippen molar-refractivity contribution in [3.63, 3.8) is 0 Å². The van der Waals surface area contributed by atoms with Crippen molar-refractivity contribution in [2.24, 2.45) is 0 Å². The lowest BCUT2D eigenvalue weighted by atomic mass is 10.2. The molecule has 0 aliphatic carbocycles.